The minimum Gasteiger partial charge on any atom is -0.388 e. The highest BCUT2D eigenvalue weighted by atomic mass is 16.3. The molecule has 2 rings (SSSR count). The minimum atomic E-state index is -0.588. The Hall–Kier alpha value is -0.870. The second-order valence-electron chi connectivity index (χ2n) is 5.15. The molecule has 17 heavy (non-hydrogen) atoms. The summed E-state index contributed by atoms with van der Waals surface area (Å²) in [6, 6.07) is 0. The van der Waals surface area contributed by atoms with Gasteiger partial charge in [-0.3, -0.25) is 4.68 Å². The van der Waals surface area contributed by atoms with Crippen LogP contribution in [0.5, 0.6) is 0 Å². The second kappa shape index (κ2) is 4.78. The number of β-amino-alcohol motifs (C(OH)–C–C–N with tert-alkyl or cyclic N) is 1. The van der Waals surface area contributed by atoms with Gasteiger partial charge in [0.2, 0.25) is 0 Å². The Labute approximate surface area is 103 Å². The number of hydrogen-bond acceptors (Lipinski definition) is 3. The van der Waals surface area contributed by atoms with E-state index >= 15 is 0 Å². The maximum absolute atomic E-state index is 10.6. The number of aryl methyl sites for hydroxylation is 2. The van der Waals surface area contributed by atoms with Crippen LogP contribution in [0.15, 0.2) is 0 Å². The first-order chi connectivity index (χ1) is 8.06. The predicted molar refractivity (Wildman–Crippen MR) is 68.1 cm³/mol. The molecule has 1 atom stereocenters. The maximum atomic E-state index is 10.6. The summed E-state index contributed by atoms with van der Waals surface area (Å²) in [4.78, 5) is 0. The van der Waals surface area contributed by atoms with Crippen molar-refractivity contribution in [2.45, 2.75) is 52.2 Å². The largest absolute Gasteiger partial charge is 0.388 e. The van der Waals surface area contributed by atoms with E-state index in [-0.39, 0.29) is 0 Å². The quantitative estimate of drug-likeness (QED) is 0.830. The molecule has 1 aliphatic rings. The Morgan fingerprint density at radius 2 is 2.24 bits per heavy atom. The van der Waals surface area contributed by atoms with Crippen LogP contribution in [0.2, 0.25) is 0 Å². The van der Waals surface area contributed by atoms with Crippen molar-refractivity contribution in [3.63, 3.8) is 0 Å². The lowest BCUT2D eigenvalue weighted by Crippen LogP contribution is -2.47. The predicted octanol–water partition coefficient (Wildman–Crippen LogP) is 1.18. The van der Waals surface area contributed by atoms with Crippen molar-refractivity contribution in [3.8, 4) is 0 Å². The molecule has 0 amide bonds. The average molecular weight is 237 g/mol. The van der Waals surface area contributed by atoms with Gasteiger partial charge in [-0.15, -0.1) is 0 Å². The highest BCUT2D eigenvalue weighted by molar-refractivity contribution is 5.26. The van der Waals surface area contributed by atoms with Crippen LogP contribution in [-0.4, -0.2) is 33.6 Å². The SMILES string of the molecule is CCn1nc(C)c(CC2(O)CCCNC2)c1C. The molecule has 0 bridgehead atoms. The summed E-state index contributed by atoms with van der Waals surface area (Å²) < 4.78 is 2.02. The Morgan fingerprint density at radius 3 is 2.76 bits per heavy atom. The van der Waals surface area contributed by atoms with Gasteiger partial charge in [0, 0.05) is 25.2 Å². The first-order valence-electron chi connectivity index (χ1n) is 6.52. The zero-order valence-corrected chi connectivity index (χ0v) is 11.1. The van der Waals surface area contributed by atoms with Gasteiger partial charge in [0.1, 0.15) is 0 Å². The highest BCUT2D eigenvalue weighted by Crippen LogP contribution is 2.25. The molecule has 1 unspecified atom stereocenters. The summed E-state index contributed by atoms with van der Waals surface area (Å²) in [5.74, 6) is 0. The summed E-state index contributed by atoms with van der Waals surface area (Å²) in [7, 11) is 0. The van der Waals surface area contributed by atoms with Gasteiger partial charge >= 0.3 is 0 Å². The van der Waals surface area contributed by atoms with Crippen LogP contribution >= 0.6 is 0 Å². The fourth-order valence-corrected chi connectivity index (χ4v) is 2.73. The van der Waals surface area contributed by atoms with Gasteiger partial charge in [-0.1, -0.05) is 0 Å². The third-order valence-corrected chi connectivity index (χ3v) is 3.79. The second-order valence-corrected chi connectivity index (χ2v) is 5.15. The van der Waals surface area contributed by atoms with Gasteiger partial charge in [-0.2, -0.15) is 5.10 Å². The van der Waals surface area contributed by atoms with E-state index in [0.717, 1.165) is 38.0 Å². The van der Waals surface area contributed by atoms with Crippen molar-refractivity contribution in [2.24, 2.45) is 0 Å². The lowest BCUT2D eigenvalue weighted by Gasteiger charge is -2.32. The summed E-state index contributed by atoms with van der Waals surface area (Å²) in [5.41, 5.74) is 2.89. The van der Waals surface area contributed by atoms with Gasteiger partial charge in [0.05, 0.1) is 11.3 Å². The molecule has 4 heteroatoms. The normalized spacial score (nSPS) is 25.2. The summed E-state index contributed by atoms with van der Waals surface area (Å²) in [6.07, 6.45) is 2.66. The molecule has 0 radical (unpaired) electrons. The average Bonchev–Trinajstić information content (AvgIpc) is 2.57. The molecule has 96 valence electrons. The molecular formula is C13H23N3O. The van der Waals surface area contributed by atoms with Crippen molar-refractivity contribution in [2.75, 3.05) is 13.1 Å². The fourth-order valence-electron chi connectivity index (χ4n) is 2.73. The smallest absolute Gasteiger partial charge is 0.0813 e. The van der Waals surface area contributed by atoms with E-state index < -0.39 is 5.60 Å². The van der Waals surface area contributed by atoms with E-state index in [9.17, 15) is 5.11 Å². The number of aromatic nitrogens is 2. The zero-order valence-electron chi connectivity index (χ0n) is 11.1. The van der Waals surface area contributed by atoms with Gasteiger partial charge in [-0.05, 0) is 45.7 Å². The van der Waals surface area contributed by atoms with Crippen LogP contribution in [-0.2, 0) is 13.0 Å². The van der Waals surface area contributed by atoms with Crippen LogP contribution in [0.3, 0.4) is 0 Å². The Bertz CT molecular complexity index is 392. The molecule has 0 aliphatic carbocycles. The van der Waals surface area contributed by atoms with Crippen molar-refractivity contribution in [1.82, 2.24) is 15.1 Å². The molecule has 4 nitrogen and oxygen atoms in total. The first-order valence-corrected chi connectivity index (χ1v) is 6.52. The summed E-state index contributed by atoms with van der Waals surface area (Å²) >= 11 is 0. The molecule has 2 heterocycles. The third kappa shape index (κ3) is 2.53. The lowest BCUT2D eigenvalue weighted by molar-refractivity contribution is 0.0166. The number of rotatable bonds is 3. The van der Waals surface area contributed by atoms with Crippen LogP contribution in [0.1, 0.15) is 36.7 Å². The monoisotopic (exact) mass is 237 g/mol. The Balaban J connectivity index is 2.20. The van der Waals surface area contributed by atoms with E-state index in [1.54, 1.807) is 0 Å². The first kappa shape index (κ1) is 12.6. The maximum Gasteiger partial charge on any atom is 0.0813 e. The number of nitrogens with zero attached hydrogens (tertiary/aromatic N) is 2. The summed E-state index contributed by atoms with van der Waals surface area (Å²) in [5, 5.41) is 18.3. The van der Waals surface area contributed by atoms with E-state index in [1.165, 1.54) is 11.3 Å². The zero-order chi connectivity index (χ0) is 12.5. The summed E-state index contributed by atoms with van der Waals surface area (Å²) in [6.45, 7) is 8.84. The molecule has 0 spiro atoms. The van der Waals surface area contributed by atoms with Gasteiger partial charge in [-0.25, -0.2) is 0 Å². The minimum absolute atomic E-state index is 0.588. The van der Waals surface area contributed by atoms with E-state index in [2.05, 4.69) is 24.3 Å². The number of piperidine rings is 1. The van der Waals surface area contributed by atoms with Crippen molar-refractivity contribution < 1.29 is 5.11 Å². The standard InChI is InChI=1S/C13H23N3O/c1-4-16-11(3)12(10(2)15-16)8-13(17)6-5-7-14-9-13/h14,17H,4-9H2,1-3H3. The van der Waals surface area contributed by atoms with Crippen LogP contribution in [0.25, 0.3) is 0 Å². The van der Waals surface area contributed by atoms with Gasteiger partial charge in [0.25, 0.3) is 0 Å². The number of hydrogen-bond donors (Lipinski definition) is 2. The topological polar surface area (TPSA) is 50.1 Å². The van der Waals surface area contributed by atoms with Gasteiger partial charge < -0.3 is 10.4 Å². The van der Waals surface area contributed by atoms with E-state index in [1.807, 2.05) is 11.6 Å². The van der Waals surface area contributed by atoms with Crippen molar-refractivity contribution >= 4 is 0 Å². The number of nitrogens with one attached hydrogen (secondary N) is 1. The fraction of sp³-hybridized carbons (Fsp3) is 0.769. The third-order valence-electron chi connectivity index (χ3n) is 3.79. The van der Waals surface area contributed by atoms with Crippen LogP contribution in [0.4, 0.5) is 0 Å². The van der Waals surface area contributed by atoms with Crippen LogP contribution < -0.4 is 5.32 Å². The molecule has 0 saturated carbocycles. The van der Waals surface area contributed by atoms with Crippen molar-refractivity contribution in [1.29, 1.82) is 0 Å². The molecular weight excluding hydrogens is 214 g/mol. The molecule has 2 N–H and O–H groups in total. The molecule has 1 aromatic rings. The molecule has 0 aromatic carbocycles. The Morgan fingerprint density at radius 1 is 1.47 bits per heavy atom. The highest BCUT2D eigenvalue weighted by Gasteiger charge is 2.31. The lowest BCUT2D eigenvalue weighted by atomic mass is 9.87. The van der Waals surface area contributed by atoms with Crippen molar-refractivity contribution in [3.05, 3.63) is 17.0 Å². The van der Waals surface area contributed by atoms with Gasteiger partial charge in [0.15, 0.2) is 0 Å². The van der Waals surface area contributed by atoms with E-state index in [0.29, 0.717) is 6.54 Å². The number of aliphatic hydroxyl groups is 1. The molecule has 1 saturated heterocycles. The van der Waals surface area contributed by atoms with Crippen LogP contribution in [0, 0.1) is 13.8 Å². The molecule has 1 aliphatic heterocycles. The molecule has 1 fully saturated rings. The Kier molecular flexibility index (Phi) is 3.54. The molecule has 1 aromatic heterocycles. The van der Waals surface area contributed by atoms with E-state index in [4.69, 9.17) is 0 Å².